The quantitative estimate of drug-likeness (QED) is 0.618. The molecule has 0 amide bonds. The van der Waals surface area contributed by atoms with Crippen LogP contribution in [-0.4, -0.2) is 18.6 Å². The van der Waals surface area contributed by atoms with Gasteiger partial charge in [-0.3, -0.25) is 0 Å². The molecule has 0 bridgehead atoms. The monoisotopic (exact) mass is 225 g/mol. The van der Waals surface area contributed by atoms with Gasteiger partial charge in [0.05, 0.1) is 6.61 Å². The normalized spacial score (nSPS) is 10.3. The lowest BCUT2D eigenvalue weighted by Gasteiger charge is -2.11. The first-order valence-electron chi connectivity index (χ1n) is 5.13. The first kappa shape index (κ1) is 12.2. The summed E-state index contributed by atoms with van der Waals surface area (Å²) in [4.78, 5) is 0. The van der Waals surface area contributed by atoms with E-state index >= 15 is 0 Å². The molecule has 0 unspecified atom stereocenters. The van der Waals surface area contributed by atoms with Crippen LogP contribution in [0.4, 0.5) is 5.69 Å². The molecule has 3 heteroatoms. The average molecular weight is 225 g/mol. The van der Waals surface area contributed by atoms with E-state index in [0.717, 1.165) is 41.3 Å². The molecule has 0 radical (unpaired) electrons. The van der Waals surface area contributed by atoms with Gasteiger partial charge in [-0.1, -0.05) is 6.07 Å². The van der Waals surface area contributed by atoms with Gasteiger partial charge in [0, 0.05) is 11.8 Å². The standard InChI is InChI=1S/C12H19NOS/c1-9-7-10(2)12(8-11(9)13)14-5-4-6-15-3/h7-8H,4-6,13H2,1-3H3. The van der Waals surface area contributed by atoms with Gasteiger partial charge in [-0.15, -0.1) is 0 Å². The number of thioether (sulfide) groups is 1. The van der Waals surface area contributed by atoms with E-state index in [4.69, 9.17) is 10.5 Å². The molecule has 0 saturated carbocycles. The highest BCUT2D eigenvalue weighted by atomic mass is 32.2. The lowest BCUT2D eigenvalue weighted by atomic mass is 10.1. The van der Waals surface area contributed by atoms with Crippen molar-refractivity contribution in [1.82, 2.24) is 0 Å². The molecule has 0 aliphatic carbocycles. The van der Waals surface area contributed by atoms with Crippen LogP contribution in [-0.2, 0) is 0 Å². The summed E-state index contributed by atoms with van der Waals surface area (Å²) in [5.41, 5.74) is 8.91. The Hall–Kier alpha value is -0.830. The van der Waals surface area contributed by atoms with Crippen molar-refractivity contribution in [3.63, 3.8) is 0 Å². The van der Waals surface area contributed by atoms with Gasteiger partial charge in [-0.05, 0) is 43.4 Å². The second-order valence-corrected chi connectivity index (χ2v) is 4.65. The van der Waals surface area contributed by atoms with Crippen molar-refractivity contribution in [2.75, 3.05) is 24.3 Å². The third-order valence-electron chi connectivity index (χ3n) is 2.31. The van der Waals surface area contributed by atoms with Crippen LogP contribution in [0, 0.1) is 13.8 Å². The largest absolute Gasteiger partial charge is 0.493 e. The number of hydrogen-bond acceptors (Lipinski definition) is 3. The van der Waals surface area contributed by atoms with Crippen LogP contribution in [0.15, 0.2) is 12.1 Å². The molecule has 1 aromatic carbocycles. The molecule has 84 valence electrons. The van der Waals surface area contributed by atoms with Gasteiger partial charge in [-0.2, -0.15) is 11.8 Å². The van der Waals surface area contributed by atoms with E-state index in [1.807, 2.05) is 24.8 Å². The summed E-state index contributed by atoms with van der Waals surface area (Å²) in [6.07, 6.45) is 3.18. The highest BCUT2D eigenvalue weighted by Crippen LogP contribution is 2.24. The minimum absolute atomic E-state index is 0.768. The molecule has 2 N–H and O–H groups in total. The minimum Gasteiger partial charge on any atom is -0.493 e. The molecule has 0 saturated heterocycles. The molecule has 0 aliphatic rings. The maximum Gasteiger partial charge on any atom is 0.124 e. The third-order valence-corrected chi connectivity index (χ3v) is 3.01. The Labute approximate surface area is 96.2 Å². The number of aryl methyl sites for hydroxylation is 2. The summed E-state index contributed by atoms with van der Waals surface area (Å²) in [5, 5.41) is 0. The Balaban J connectivity index is 2.57. The van der Waals surface area contributed by atoms with Crippen LogP contribution in [0.1, 0.15) is 17.5 Å². The first-order chi connectivity index (χ1) is 7.15. The first-order valence-corrected chi connectivity index (χ1v) is 6.53. The van der Waals surface area contributed by atoms with Gasteiger partial charge >= 0.3 is 0 Å². The Kier molecular flexibility index (Phi) is 4.82. The van der Waals surface area contributed by atoms with E-state index < -0.39 is 0 Å². The number of hydrogen-bond donors (Lipinski definition) is 1. The van der Waals surface area contributed by atoms with Gasteiger partial charge in [-0.25, -0.2) is 0 Å². The summed E-state index contributed by atoms with van der Waals surface area (Å²) < 4.78 is 5.68. The fourth-order valence-corrected chi connectivity index (χ4v) is 1.80. The van der Waals surface area contributed by atoms with Crippen molar-refractivity contribution in [2.24, 2.45) is 0 Å². The second kappa shape index (κ2) is 5.91. The number of anilines is 1. The summed E-state index contributed by atoms with van der Waals surface area (Å²) in [6, 6.07) is 3.99. The van der Waals surface area contributed by atoms with E-state index in [-0.39, 0.29) is 0 Å². The van der Waals surface area contributed by atoms with Crippen molar-refractivity contribution >= 4 is 17.4 Å². The molecule has 0 aromatic heterocycles. The summed E-state index contributed by atoms with van der Waals surface area (Å²) >= 11 is 1.84. The van der Waals surface area contributed by atoms with Crippen molar-refractivity contribution in [1.29, 1.82) is 0 Å². The molecule has 2 nitrogen and oxygen atoms in total. The zero-order chi connectivity index (χ0) is 11.3. The van der Waals surface area contributed by atoms with Crippen molar-refractivity contribution < 1.29 is 4.74 Å². The highest BCUT2D eigenvalue weighted by Gasteiger charge is 2.02. The Morgan fingerprint density at radius 1 is 1.27 bits per heavy atom. The van der Waals surface area contributed by atoms with E-state index in [0.29, 0.717) is 0 Å². The summed E-state index contributed by atoms with van der Waals surface area (Å²) in [7, 11) is 0. The number of nitrogens with two attached hydrogens (primary N) is 1. The van der Waals surface area contributed by atoms with Gasteiger partial charge in [0.1, 0.15) is 5.75 Å². The van der Waals surface area contributed by atoms with Gasteiger partial charge in [0.2, 0.25) is 0 Å². The van der Waals surface area contributed by atoms with Crippen molar-refractivity contribution in [3.8, 4) is 5.75 Å². The fourth-order valence-electron chi connectivity index (χ4n) is 1.39. The second-order valence-electron chi connectivity index (χ2n) is 3.67. The van der Waals surface area contributed by atoms with Gasteiger partial charge in [0.25, 0.3) is 0 Å². The zero-order valence-corrected chi connectivity index (χ0v) is 10.5. The lowest BCUT2D eigenvalue weighted by Crippen LogP contribution is -2.01. The topological polar surface area (TPSA) is 35.2 Å². The van der Waals surface area contributed by atoms with E-state index in [1.165, 1.54) is 0 Å². The zero-order valence-electron chi connectivity index (χ0n) is 9.67. The molecule has 0 heterocycles. The van der Waals surface area contributed by atoms with Crippen LogP contribution in [0.5, 0.6) is 5.75 Å². The lowest BCUT2D eigenvalue weighted by molar-refractivity contribution is 0.317. The summed E-state index contributed by atoms with van der Waals surface area (Å²) in [6.45, 7) is 4.83. The average Bonchev–Trinajstić information content (AvgIpc) is 2.20. The molecule has 0 atom stereocenters. The molecule has 0 spiro atoms. The van der Waals surface area contributed by atoms with Crippen LogP contribution in [0.25, 0.3) is 0 Å². The van der Waals surface area contributed by atoms with Crippen LogP contribution in [0.2, 0.25) is 0 Å². The molecule has 15 heavy (non-hydrogen) atoms. The number of benzene rings is 1. The molecule has 1 rings (SSSR count). The van der Waals surface area contributed by atoms with Gasteiger partial charge in [0.15, 0.2) is 0 Å². The van der Waals surface area contributed by atoms with Crippen LogP contribution in [0.3, 0.4) is 0 Å². The summed E-state index contributed by atoms with van der Waals surface area (Å²) in [5.74, 6) is 2.06. The third kappa shape index (κ3) is 3.67. The number of ether oxygens (including phenoxy) is 1. The predicted octanol–water partition coefficient (Wildman–Crippen LogP) is 3.02. The number of rotatable bonds is 5. The number of nitrogen functional groups attached to an aromatic ring is 1. The Morgan fingerprint density at radius 2 is 2.00 bits per heavy atom. The molecular formula is C12H19NOS. The Morgan fingerprint density at radius 3 is 2.67 bits per heavy atom. The van der Waals surface area contributed by atoms with Crippen molar-refractivity contribution in [2.45, 2.75) is 20.3 Å². The predicted molar refractivity (Wildman–Crippen MR) is 68.8 cm³/mol. The fraction of sp³-hybridized carbons (Fsp3) is 0.500. The van der Waals surface area contributed by atoms with Crippen molar-refractivity contribution in [3.05, 3.63) is 23.3 Å². The molecule has 0 fully saturated rings. The molecule has 1 aromatic rings. The Bertz CT molecular complexity index is 326. The maximum atomic E-state index is 5.84. The van der Waals surface area contributed by atoms with E-state index in [9.17, 15) is 0 Å². The van der Waals surface area contributed by atoms with Gasteiger partial charge < -0.3 is 10.5 Å². The minimum atomic E-state index is 0.768. The smallest absolute Gasteiger partial charge is 0.124 e. The highest BCUT2D eigenvalue weighted by molar-refractivity contribution is 7.98. The van der Waals surface area contributed by atoms with E-state index in [2.05, 4.69) is 19.2 Å². The molecule has 0 aliphatic heterocycles. The van der Waals surface area contributed by atoms with Crippen LogP contribution < -0.4 is 10.5 Å². The molecular weight excluding hydrogens is 206 g/mol. The maximum absolute atomic E-state index is 5.84. The SMILES string of the molecule is CSCCCOc1cc(N)c(C)cc1C. The van der Waals surface area contributed by atoms with Crippen LogP contribution >= 0.6 is 11.8 Å². The van der Waals surface area contributed by atoms with E-state index in [1.54, 1.807) is 0 Å².